The van der Waals surface area contributed by atoms with E-state index in [0.29, 0.717) is 5.82 Å². The Kier molecular flexibility index (Phi) is 4.87. The quantitative estimate of drug-likeness (QED) is 0.647. The molecule has 0 spiro atoms. The largest absolute Gasteiger partial charge is 0.354 e. The van der Waals surface area contributed by atoms with Crippen LogP contribution in [0.5, 0.6) is 0 Å². The van der Waals surface area contributed by atoms with Gasteiger partial charge in [-0.05, 0) is 26.3 Å². The number of hydrazine groups is 1. The Hall–Kier alpha value is -2.00. The molecule has 2 saturated heterocycles. The van der Waals surface area contributed by atoms with E-state index in [4.69, 9.17) is 0 Å². The predicted molar refractivity (Wildman–Crippen MR) is 87.4 cm³/mol. The minimum absolute atomic E-state index is 0.0201. The van der Waals surface area contributed by atoms with Crippen molar-refractivity contribution in [2.24, 2.45) is 0 Å². The zero-order chi connectivity index (χ0) is 16.2. The van der Waals surface area contributed by atoms with E-state index in [-0.39, 0.29) is 16.4 Å². The van der Waals surface area contributed by atoms with Gasteiger partial charge in [0.1, 0.15) is 6.33 Å². The standard InChI is InChI=1S/C14H23N7O2/c1-18-7-9-20(10-8-18)17-13-12(21(22)23)14(16-11-15-13)19-5-3-2-4-6-19/h11H,2-10H2,1H3,(H,15,16,17). The lowest BCUT2D eigenvalue weighted by atomic mass is 10.1. The van der Waals surface area contributed by atoms with Gasteiger partial charge in [-0.2, -0.15) is 0 Å². The van der Waals surface area contributed by atoms with E-state index in [2.05, 4.69) is 27.3 Å². The van der Waals surface area contributed by atoms with Crippen molar-refractivity contribution in [2.75, 3.05) is 56.6 Å². The molecule has 1 aromatic rings. The number of nitrogens with zero attached hydrogens (tertiary/aromatic N) is 6. The second kappa shape index (κ2) is 7.05. The van der Waals surface area contributed by atoms with Gasteiger partial charge in [0.25, 0.3) is 0 Å². The maximum absolute atomic E-state index is 11.6. The number of likely N-dealkylation sites (N-methyl/N-ethyl adjacent to an activating group) is 1. The zero-order valence-corrected chi connectivity index (χ0v) is 13.4. The van der Waals surface area contributed by atoms with Gasteiger partial charge in [0.05, 0.1) is 4.92 Å². The summed E-state index contributed by atoms with van der Waals surface area (Å²) in [6.45, 7) is 5.07. The molecule has 0 bridgehead atoms. The molecule has 2 aliphatic heterocycles. The van der Waals surface area contributed by atoms with Gasteiger partial charge >= 0.3 is 5.69 Å². The van der Waals surface area contributed by atoms with Crippen molar-refractivity contribution in [1.82, 2.24) is 19.9 Å². The van der Waals surface area contributed by atoms with Crippen molar-refractivity contribution in [1.29, 1.82) is 0 Å². The van der Waals surface area contributed by atoms with Crippen LogP contribution in [0, 0.1) is 10.1 Å². The lowest BCUT2D eigenvalue weighted by Gasteiger charge is -2.33. The Labute approximate surface area is 135 Å². The topological polar surface area (TPSA) is 90.7 Å². The third-order valence-electron chi connectivity index (χ3n) is 4.41. The molecule has 9 nitrogen and oxygen atoms in total. The molecule has 0 amide bonds. The molecule has 126 valence electrons. The van der Waals surface area contributed by atoms with Crippen LogP contribution in [0.15, 0.2) is 6.33 Å². The summed E-state index contributed by atoms with van der Waals surface area (Å²) < 4.78 is 0. The first-order valence-corrected chi connectivity index (χ1v) is 8.09. The number of rotatable bonds is 4. The van der Waals surface area contributed by atoms with Crippen LogP contribution in [-0.2, 0) is 0 Å². The van der Waals surface area contributed by atoms with Crippen LogP contribution < -0.4 is 10.3 Å². The lowest BCUT2D eigenvalue weighted by Crippen LogP contribution is -2.47. The molecule has 0 saturated carbocycles. The van der Waals surface area contributed by atoms with Gasteiger partial charge in [0, 0.05) is 39.3 Å². The summed E-state index contributed by atoms with van der Waals surface area (Å²) >= 11 is 0. The first-order chi connectivity index (χ1) is 11.1. The second-order valence-corrected chi connectivity index (χ2v) is 6.10. The monoisotopic (exact) mass is 321 g/mol. The summed E-state index contributed by atoms with van der Waals surface area (Å²) in [5, 5.41) is 13.6. The van der Waals surface area contributed by atoms with Crippen LogP contribution in [0.1, 0.15) is 19.3 Å². The Bertz CT molecular complexity index is 554. The summed E-state index contributed by atoms with van der Waals surface area (Å²) in [4.78, 5) is 23.8. The van der Waals surface area contributed by atoms with Crippen LogP contribution in [-0.4, -0.2) is 71.1 Å². The fourth-order valence-electron chi connectivity index (χ4n) is 3.02. The molecule has 1 aromatic heterocycles. The van der Waals surface area contributed by atoms with E-state index in [0.717, 1.165) is 52.1 Å². The number of aromatic nitrogens is 2. The van der Waals surface area contributed by atoms with Crippen LogP contribution in [0.25, 0.3) is 0 Å². The maximum atomic E-state index is 11.6. The number of nitro groups is 1. The lowest BCUT2D eigenvalue weighted by molar-refractivity contribution is -0.383. The molecule has 0 radical (unpaired) electrons. The minimum atomic E-state index is -0.373. The molecule has 0 unspecified atom stereocenters. The highest BCUT2D eigenvalue weighted by Crippen LogP contribution is 2.33. The average molecular weight is 321 g/mol. The smallest absolute Gasteiger partial charge is 0.351 e. The summed E-state index contributed by atoms with van der Waals surface area (Å²) in [5.74, 6) is 0.719. The molecule has 0 aromatic carbocycles. The van der Waals surface area contributed by atoms with Crippen molar-refractivity contribution in [3.63, 3.8) is 0 Å². The highest BCUT2D eigenvalue weighted by molar-refractivity contribution is 5.70. The number of piperidine rings is 1. The third-order valence-corrected chi connectivity index (χ3v) is 4.41. The van der Waals surface area contributed by atoms with Gasteiger partial charge < -0.3 is 9.80 Å². The number of anilines is 2. The Morgan fingerprint density at radius 2 is 1.78 bits per heavy atom. The van der Waals surface area contributed by atoms with Gasteiger partial charge in [-0.15, -0.1) is 0 Å². The summed E-state index contributed by atoms with van der Waals surface area (Å²) in [6.07, 6.45) is 4.67. The van der Waals surface area contributed by atoms with Crippen LogP contribution >= 0.6 is 0 Å². The Morgan fingerprint density at radius 3 is 2.43 bits per heavy atom. The van der Waals surface area contributed by atoms with E-state index in [9.17, 15) is 10.1 Å². The first kappa shape index (κ1) is 15.9. The van der Waals surface area contributed by atoms with Crippen LogP contribution in [0.2, 0.25) is 0 Å². The second-order valence-electron chi connectivity index (χ2n) is 6.10. The molecule has 1 N–H and O–H groups in total. The molecule has 3 heterocycles. The summed E-state index contributed by atoms with van der Waals surface area (Å²) in [6, 6.07) is 0. The number of piperazine rings is 1. The molecule has 3 rings (SSSR count). The van der Waals surface area contributed by atoms with Crippen LogP contribution in [0.3, 0.4) is 0 Å². The van der Waals surface area contributed by atoms with E-state index >= 15 is 0 Å². The molecule has 2 aliphatic rings. The molecule has 0 atom stereocenters. The maximum Gasteiger partial charge on any atom is 0.354 e. The average Bonchev–Trinajstić information content (AvgIpc) is 2.57. The summed E-state index contributed by atoms with van der Waals surface area (Å²) in [7, 11) is 2.07. The minimum Gasteiger partial charge on any atom is -0.351 e. The van der Waals surface area contributed by atoms with E-state index in [1.165, 1.54) is 12.7 Å². The van der Waals surface area contributed by atoms with E-state index < -0.39 is 0 Å². The third kappa shape index (κ3) is 3.67. The van der Waals surface area contributed by atoms with Gasteiger partial charge in [0.15, 0.2) is 0 Å². The molecular formula is C14H23N7O2. The Morgan fingerprint density at radius 1 is 1.09 bits per heavy atom. The van der Waals surface area contributed by atoms with E-state index in [1.807, 2.05) is 9.91 Å². The highest BCUT2D eigenvalue weighted by Gasteiger charge is 2.29. The van der Waals surface area contributed by atoms with Crippen molar-refractivity contribution in [3.05, 3.63) is 16.4 Å². The van der Waals surface area contributed by atoms with Gasteiger partial charge in [-0.3, -0.25) is 15.5 Å². The van der Waals surface area contributed by atoms with Crippen molar-refractivity contribution in [2.45, 2.75) is 19.3 Å². The van der Waals surface area contributed by atoms with Crippen LogP contribution in [0.4, 0.5) is 17.3 Å². The fraction of sp³-hybridized carbons (Fsp3) is 0.714. The molecule has 2 fully saturated rings. The van der Waals surface area contributed by atoms with Gasteiger partial charge in [-0.1, -0.05) is 0 Å². The molecule has 0 aliphatic carbocycles. The van der Waals surface area contributed by atoms with Crippen molar-refractivity contribution in [3.8, 4) is 0 Å². The number of nitrogens with one attached hydrogen (secondary N) is 1. The van der Waals surface area contributed by atoms with Gasteiger partial charge in [-0.25, -0.2) is 15.0 Å². The van der Waals surface area contributed by atoms with E-state index in [1.54, 1.807) is 0 Å². The molecule has 23 heavy (non-hydrogen) atoms. The SMILES string of the molecule is CN1CCN(Nc2ncnc(N3CCCCC3)c2[N+](=O)[O-])CC1. The Balaban J connectivity index is 1.83. The normalized spacial score (nSPS) is 20.5. The first-order valence-electron chi connectivity index (χ1n) is 8.09. The number of hydrogen-bond acceptors (Lipinski definition) is 8. The zero-order valence-electron chi connectivity index (χ0n) is 13.4. The highest BCUT2D eigenvalue weighted by atomic mass is 16.6. The van der Waals surface area contributed by atoms with Gasteiger partial charge in [0.2, 0.25) is 11.6 Å². The number of hydrogen-bond donors (Lipinski definition) is 1. The van der Waals surface area contributed by atoms with Crippen molar-refractivity contribution >= 4 is 17.3 Å². The predicted octanol–water partition coefficient (Wildman–Crippen LogP) is 0.949. The van der Waals surface area contributed by atoms with Crippen molar-refractivity contribution < 1.29 is 4.92 Å². The summed E-state index contributed by atoms with van der Waals surface area (Å²) in [5.41, 5.74) is 3.10. The molecular weight excluding hydrogens is 298 g/mol. The fourth-order valence-corrected chi connectivity index (χ4v) is 3.02. The molecule has 9 heteroatoms.